The van der Waals surface area contributed by atoms with Gasteiger partial charge in [0.25, 0.3) is 0 Å². The van der Waals surface area contributed by atoms with Gasteiger partial charge in [-0.3, -0.25) is 4.57 Å². The predicted octanol–water partition coefficient (Wildman–Crippen LogP) is 1.15. The molecule has 1 rings (SSSR count). The van der Waals surface area contributed by atoms with Crippen LogP contribution < -0.4 is 11.2 Å². The lowest BCUT2D eigenvalue weighted by molar-refractivity contribution is 0.229. The maximum atomic E-state index is 12.0. The van der Waals surface area contributed by atoms with E-state index in [9.17, 15) is 4.57 Å². The Morgan fingerprint density at radius 3 is 2.43 bits per heavy atom. The number of rotatable bonds is 5. The zero-order valence-corrected chi connectivity index (χ0v) is 8.99. The molecule has 0 fully saturated rings. The Morgan fingerprint density at radius 1 is 1.50 bits per heavy atom. The summed E-state index contributed by atoms with van der Waals surface area (Å²) < 4.78 is 26.8. The highest BCUT2D eigenvalue weighted by Crippen LogP contribution is 2.47. The Kier molecular flexibility index (Phi) is 3.69. The molecule has 6 nitrogen and oxygen atoms in total. The molecule has 14 heavy (non-hydrogen) atoms. The normalized spacial score (nSPS) is 11.9. The number of hydrogen-bond acceptors (Lipinski definition) is 6. The van der Waals surface area contributed by atoms with E-state index in [1.165, 1.54) is 0 Å². The highest BCUT2D eigenvalue weighted by molar-refractivity contribution is 7.62. The molecule has 7 heteroatoms. The fraction of sp³-hybridized carbons (Fsp3) is 0.571. The Morgan fingerprint density at radius 2 is 2.07 bits per heavy atom. The van der Waals surface area contributed by atoms with E-state index in [1.807, 2.05) is 0 Å². The van der Waals surface area contributed by atoms with E-state index in [2.05, 4.69) is 4.98 Å². The van der Waals surface area contributed by atoms with Gasteiger partial charge in [0.15, 0.2) is 6.39 Å². The van der Waals surface area contributed by atoms with Crippen LogP contribution in [0.1, 0.15) is 13.8 Å². The number of anilines is 1. The third kappa shape index (κ3) is 2.15. The van der Waals surface area contributed by atoms with Gasteiger partial charge < -0.3 is 19.2 Å². The average Bonchev–Trinajstić information content (AvgIpc) is 2.52. The van der Waals surface area contributed by atoms with Crippen LogP contribution in [0.2, 0.25) is 0 Å². The third-order valence-corrected chi connectivity index (χ3v) is 3.48. The molecule has 0 saturated carbocycles. The molecule has 0 aliphatic carbocycles. The van der Waals surface area contributed by atoms with E-state index in [0.717, 1.165) is 6.39 Å². The lowest BCUT2D eigenvalue weighted by atomic mass is 10.8. The molecule has 0 bridgehead atoms. The number of nitrogen functional groups attached to an aromatic ring is 1. The van der Waals surface area contributed by atoms with Crippen molar-refractivity contribution in [2.24, 2.45) is 0 Å². The van der Waals surface area contributed by atoms with Crippen LogP contribution >= 0.6 is 7.60 Å². The van der Waals surface area contributed by atoms with Gasteiger partial charge in [0.1, 0.15) is 0 Å². The van der Waals surface area contributed by atoms with E-state index in [4.69, 9.17) is 19.2 Å². The summed E-state index contributed by atoms with van der Waals surface area (Å²) in [5, 5.41) is 0. The largest absolute Gasteiger partial charge is 0.427 e. The predicted molar refractivity (Wildman–Crippen MR) is 51.4 cm³/mol. The van der Waals surface area contributed by atoms with Crippen LogP contribution in [-0.4, -0.2) is 18.2 Å². The van der Waals surface area contributed by atoms with Gasteiger partial charge >= 0.3 is 7.60 Å². The van der Waals surface area contributed by atoms with Crippen molar-refractivity contribution < 1.29 is 18.0 Å². The van der Waals surface area contributed by atoms with Gasteiger partial charge in [0, 0.05) is 0 Å². The minimum absolute atomic E-state index is 0.0322. The van der Waals surface area contributed by atoms with Gasteiger partial charge in [-0.2, -0.15) is 0 Å². The molecule has 0 unspecified atom stereocenters. The first-order chi connectivity index (χ1) is 6.64. The SMILES string of the molecule is CCOP(=O)(OCC)c1ncoc1N. The zero-order valence-electron chi connectivity index (χ0n) is 8.10. The minimum Gasteiger partial charge on any atom is -0.427 e. The van der Waals surface area contributed by atoms with Crippen molar-refractivity contribution in [1.29, 1.82) is 0 Å². The van der Waals surface area contributed by atoms with E-state index in [1.54, 1.807) is 13.8 Å². The Balaban J connectivity index is 2.99. The first-order valence-electron chi connectivity index (χ1n) is 4.22. The lowest BCUT2D eigenvalue weighted by Gasteiger charge is -2.14. The van der Waals surface area contributed by atoms with Gasteiger partial charge in [-0.1, -0.05) is 0 Å². The summed E-state index contributed by atoms with van der Waals surface area (Å²) in [4.78, 5) is 3.72. The minimum atomic E-state index is -3.39. The highest BCUT2D eigenvalue weighted by atomic mass is 31.2. The number of oxazole rings is 1. The Labute approximate surface area is 81.9 Å². The first-order valence-corrected chi connectivity index (χ1v) is 5.77. The second-order valence-electron chi connectivity index (χ2n) is 2.37. The van der Waals surface area contributed by atoms with Gasteiger partial charge in [0.2, 0.25) is 11.3 Å². The molecule has 0 aliphatic heterocycles. The first kappa shape index (κ1) is 11.2. The van der Waals surface area contributed by atoms with Crippen molar-refractivity contribution >= 4 is 18.9 Å². The zero-order chi connectivity index (χ0) is 10.6. The van der Waals surface area contributed by atoms with Gasteiger partial charge in [-0.25, -0.2) is 4.98 Å². The molecule has 0 spiro atoms. The molecule has 0 amide bonds. The monoisotopic (exact) mass is 220 g/mol. The Bertz CT molecular complexity index is 328. The summed E-state index contributed by atoms with van der Waals surface area (Å²) in [6, 6.07) is 0. The summed E-state index contributed by atoms with van der Waals surface area (Å²) >= 11 is 0. The second-order valence-corrected chi connectivity index (χ2v) is 4.31. The van der Waals surface area contributed by atoms with Crippen LogP contribution in [0.25, 0.3) is 0 Å². The summed E-state index contributed by atoms with van der Waals surface area (Å²) in [6.07, 6.45) is 1.11. The van der Waals surface area contributed by atoms with E-state index in [0.29, 0.717) is 0 Å². The van der Waals surface area contributed by atoms with Crippen LogP contribution in [0.15, 0.2) is 10.8 Å². The lowest BCUT2D eigenvalue weighted by Crippen LogP contribution is -2.14. The van der Waals surface area contributed by atoms with Crippen LogP contribution in [0, 0.1) is 0 Å². The number of nitrogens with zero attached hydrogens (tertiary/aromatic N) is 1. The van der Waals surface area contributed by atoms with Gasteiger partial charge in [-0.15, -0.1) is 0 Å². The van der Waals surface area contributed by atoms with Crippen molar-refractivity contribution in [2.45, 2.75) is 13.8 Å². The van der Waals surface area contributed by atoms with Crippen LogP contribution in [-0.2, 0) is 13.6 Å². The summed E-state index contributed by atoms with van der Waals surface area (Å²) in [5.41, 5.74) is 5.47. The molecule has 0 aromatic carbocycles. The maximum Gasteiger partial charge on any atom is 0.385 e. The van der Waals surface area contributed by atoms with Crippen LogP contribution in [0.4, 0.5) is 5.88 Å². The number of aromatic nitrogens is 1. The summed E-state index contributed by atoms with van der Waals surface area (Å²) in [6.45, 7) is 3.93. The summed E-state index contributed by atoms with van der Waals surface area (Å²) in [7, 11) is -3.39. The quantitative estimate of drug-likeness (QED) is 0.749. The molecule has 1 aromatic heterocycles. The van der Waals surface area contributed by atoms with Crippen molar-refractivity contribution in [2.75, 3.05) is 18.9 Å². The van der Waals surface area contributed by atoms with Crippen LogP contribution in [0.5, 0.6) is 0 Å². The molecule has 1 aromatic rings. The smallest absolute Gasteiger partial charge is 0.385 e. The molecule has 80 valence electrons. The van der Waals surface area contributed by atoms with Crippen molar-refractivity contribution in [3.8, 4) is 0 Å². The van der Waals surface area contributed by atoms with Crippen molar-refractivity contribution in [3.63, 3.8) is 0 Å². The molecule has 0 aliphatic rings. The third-order valence-electron chi connectivity index (χ3n) is 1.43. The van der Waals surface area contributed by atoms with E-state index in [-0.39, 0.29) is 24.5 Å². The van der Waals surface area contributed by atoms with Gasteiger partial charge in [-0.05, 0) is 13.8 Å². The molecule has 0 radical (unpaired) electrons. The van der Waals surface area contributed by atoms with Gasteiger partial charge in [0.05, 0.1) is 13.2 Å². The van der Waals surface area contributed by atoms with Crippen LogP contribution in [0.3, 0.4) is 0 Å². The standard InChI is InChI=1S/C7H13N2O4P/c1-3-12-14(10,13-4-2)7-6(8)11-5-9-7/h5H,3-4,8H2,1-2H3. The Hall–Kier alpha value is -0.840. The average molecular weight is 220 g/mol. The topological polar surface area (TPSA) is 87.6 Å². The van der Waals surface area contributed by atoms with E-state index >= 15 is 0 Å². The maximum absolute atomic E-state index is 12.0. The number of hydrogen-bond donors (Lipinski definition) is 1. The fourth-order valence-corrected chi connectivity index (χ4v) is 2.46. The molecular formula is C7H13N2O4P. The van der Waals surface area contributed by atoms with E-state index < -0.39 is 7.60 Å². The highest BCUT2D eigenvalue weighted by Gasteiger charge is 2.32. The van der Waals surface area contributed by atoms with Crippen molar-refractivity contribution in [1.82, 2.24) is 4.98 Å². The molecule has 0 atom stereocenters. The number of nitrogens with two attached hydrogens (primary N) is 1. The molecule has 2 N–H and O–H groups in total. The summed E-state index contributed by atoms with van der Waals surface area (Å²) in [5.74, 6) is -0.0322. The molecular weight excluding hydrogens is 207 g/mol. The molecule has 1 heterocycles. The fourth-order valence-electron chi connectivity index (χ4n) is 0.955. The second kappa shape index (κ2) is 4.59. The van der Waals surface area contributed by atoms with Crippen molar-refractivity contribution in [3.05, 3.63) is 6.39 Å². The molecule has 0 saturated heterocycles.